The molecular weight excluding hydrogens is 388 g/mol. The Morgan fingerprint density at radius 2 is 2.07 bits per heavy atom. The molecular formula is C20H26N6O2S. The van der Waals surface area contributed by atoms with Gasteiger partial charge < -0.3 is 15.0 Å². The lowest BCUT2D eigenvalue weighted by atomic mass is 9.87. The van der Waals surface area contributed by atoms with E-state index in [-0.39, 0.29) is 0 Å². The molecule has 0 bridgehead atoms. The van der Waals surface area contributed by atoms with Crippen molar-refractivity contribution in [2.24, 2.45) is 5.92 Å². The molecule has 154 valence electrons. The smallest absolute Gasteiger partial charge is 0.182 e. The van der Waals surface area contributed by atoms with Crippen molar-refractivity contribution in [2.75, 3.05) is 19.0 Å². The third-order valence-corrected chi connectivity index (χ3v) is 6.39. The van der Waals surface area contributed by atoms with E-state index in [9.17, 15) is 4.21 Å². The molecule has 0 radical (unpaired) electrons. The van der Waals surface area contributed by atoms with Gasteiger partial charge in [0.05, 0.1) is 23.5 Å². The maximum Gasteiger partial charge on any atom is 0.182 e. The number of rotatable bonds is 8. The number of imidazole rings is 1. The quantitative estimate of drug-likeness (QED) is 0.519. The Hall–Kier alpha value is -2.52. The van der Waals surface area contributed by atoms with Gasteiger partial charge in [0, 0.05) is 0 Å². The van der Waals surface area contributed by atoms with E-state index in [1.54, 1.807) is 13.4 Å². The summed E-state index contributed by atoms with van der Waals surface area (Å²) < 4.78 is 21.1. The van der Waals surface area contributed by atoms with E-state index in [2.05, 4.69) is 30.0 Å². The van der Waals surface area contributed by atoms with Crippen molar-refractivity contribution in [3.63, 3.8) is 0 Å². The first kappa shape index (κ1) is 19.8. The normalized spacial score (nSPS) is 16.0. The third kappa shape index (κ3) is 4.73. The molecule has 1 unspecified atom stereocenters. The Morgan fingerprint density at radius 1 is 1.21 bits per heavy atom. The largest absolute Gasteiger partial charge is 0.491 e. The summed E-state index contributed by atoms with van der Waals surface area (Å²) in [4.78, 5) is 16.3. The number of H-pyrrole nitrogens is 1. The fourth-order valence-corrected chi connectivity index (χ4v) is 4.42. The van der Waals surface area contributed by atoms with Gasteiger partial charge in [-0.2, -0.15) is 0 Å². The van der Waals surface area contributed by atoms with Gasteiger partial charge in [-0.05, 0) is 37.6 Å². The van der Waals surface area contributed by atoms with Crippen LogP contribution in [0.3, 0.4) is 0 Å². The second-order valence-corrected chi connectivity index (χ2v) is 8.64. The van der Waals surface area contributed by atoms with Gasteiger partial charge in [-0.3, -0.25) is 0 Å². The minimum Gasteiger partial charge on any atom is -0.491 e. The summed E-state index contributed by atoms with van der Waals surface area (Å²) in [5, 5.41) is 3.30. The third-order valence-electron chi connectivity index (χ3n) is 5.33. The van der Waals surface area contributed by atoms with Gasteiger partial charge in [-0.1, -0.05) is 32.1 Å². The number of fused-ring (bicyclic) bond motifs is 1. The summed E-state index contributed by atoms with van der Waals surface area (Å²) in [7, 11) is 0.369. The molecule has 0 saturated heterocycles. The highest BCUT2D eigenvalue weighted by molar-refractivity contribution is 7.83. The van der Waals surface area contributed by atoms with Crippen LogP contribution in [0.15, 0.2) is 35.7 Å². The number of anilines is 2. The summed E-state index contributed by atoms with van der Waals surface area (Å²) in [6.45, 7) is 0.664. The van der Waals surface area contributed by atoms with Gasteiger partial charge in [0.1, 0.15) is 28.6 Å². The van der Waals surface area contributed by atoms with Crippen LogP contribution in [0, 0.1) is 5.92 Å². The lowest BCUT2D eigenvalue weighted by Gasteiger charge is -2.22. The first-order chi connectivity index (χ1) is 14.2. The van der Waals surface area contributed by atoms with Crippen molar-refractivity contribution >= 4 is 33.7 Å². The topological polar surface area (TPSA) is 105 Å². The lowest BCUT2D eigenvalue weighted by Crippen LogP contribution is -2.12. The summed E-state index contributed by atoms with van der Waals surface area (Å²) in [6, 6.07) is 5.51. The van der Waals surface area contributed by atoms with E-state index in [0.717, 1.165) is 12.3 Å². The molecule has 0 spiro atoms. The van der Waals surface area contributed by atoms with E-state index in [1.807, 2.05) is 18.2 Å². The Morgan fingerprint density at radius 3 is 2.90 bits per heavy atom. The van der Waals surface area contributed by atoms with Crippen LogP contribution in [0.4, 0.5) is 11.5 Å². The molecule has 2 aromatic heterocycles. The average molecular weight is 415 g/mol. The highest BCUT2D eigenvalue weighted by Crippen LogP contribution is 2.32. The van der Waals surface area contributed by atoms with Crippen molar-refractivity contribution in [2.45, 2.75) is 43.4 Å². The van der Waals surface area contributed by atoms with Crippen molar-refractivity contribution in [1.29, 1.82) is 0 Å². The second kappa shape index (κ2) is 9.32. The SMILES string of the molecule is CNS(=O)c1ccc(OCCC2CCCCC2)c(Nc2ncnc3nc[nH]c23)c1. The van der Waals surface area contributed by atoms with Crippen LogP contribution < -0.4 is 14.8 Å². The molecule has 0 amide bonds. The van der Waals surface area contributed by atoms with E-state index >= 15 is 0 Å². The van der Waals surface area contributed by atoms with Crippen LogP contribution in [0.2, 0.25) is 0 Å². The molecule has 2 heterocycles. The zero-order chi connectivity index (χ0) is 20.1. The highest BCUT2D eigenvalue weighted by atomic mass is 32.2. The fourth-order valence-electron chi connectivity index (χ4n) is 3.76. The molecule has 1 aromatic carbocycles. The molecule has 1 saturated carbocycles. The second-order valence-electron chi connectivity index (χ2n) is 7.22. The number of ether oxygens (including phenoxy) is 1. The number of aromatic amines is 1. The number of nitrogens with one attached hydrogen (secondary N) is 3. The van der Waals surface area contributed by atoms with Gasteiger partial charge >= 0.3 is 0 Å². The van der Waals surface area contributed by atoms with Crippen LogP contribution in [0.1, 0.15) is 38.5 Å². The van der Waals surface area contributed by atoms with Crippen LogP contribution >= 0.6 is 0 Å². The van der Waals surface area contributed by atoms with Gasteiger partial charge in [-0.15, -0.1) is 0 Å². The number of benzene rings is 1. The number of nitrogens with zero attached hydrogens (tertiary/aromatic N) is 3. The van der Waals surface area contributed by atoms with Gasteiger partial charge in [0.2, 0.25) is 0 Å². The van der Waals surface area contributed by atoms with Gasteiger partial charge in [0.15, 0.2) is 11.5 Å². The van der Waals surface area contributed by atoms with Crippen LogP contribution in [0.25, 0.3) is 11.2 Å². The van der Waals surface area contributed by atoms with Gasteiger partial charge in [0.25, 0.3) is 0 Å². The predicted octanol–water partition coefficient (Wildman–Crippen LogP) is 3.69. The Balaban J connectivity index is 1.55. The molecule has 9 heteroatoms. The van der Waals surface area contributed by atoms with E-state index < -0.39 is 11.0 Å². The minimum atomic E-state index is -1.29. The molecule has 0 aliphatic heterocycles. The first-order valence-electron chi connectivity index (χ1n) is 10.0. The van der Waals surface area contributed by atoms with E-state index in [0.29, 0.717) is 39.9 Å². The Kier molecular flexibility index (Phi) is 6.36. The molecule has 3 N–H and O–H groups in total. The maximum absolute atomic E-state index is 12.2. The van der Waals surface area contributed by atoms with E-state index in [1.165, 1.54) is 38.4 Å². The summed E-state index contributed by atoms with van der Waals surface area (Å²) >= 11 is 0. The van der Waals surface area contributed by atoms with Crippen molar-refractivity contribution < 1.29 is 8.95 Å². The zero-order valence-corrected chi connectivity index (χ0v) is 17.3. The number of aromatic nitrogens is 4. The van der Waals surface area contributed by atoms with Crippen LogP contribution in [0.5, 0.6) is 5.75 Å². The average Bonchev–Trinajstić information content (AvgIpc) is 3.25. The fraction of sp³-hybridized carbons (Fsp3) is 0.450. The molecule has 4 rings (SSSR count). The standard InChI is InChI=1S/C20H26N6O2S/c1-21-29(27)15-7-8-17(28-10-9-14-5-3-2-4-6-14)16(11-15)26-20-18-19(23-12-22-18)24-13-25-20/h7-8,11-14,21H,2-6,9-10H2,1H3,(H2,22,23,24,25,26). The number of hydrogen-bond donors (Lipinski definition) is 3. The van der Waals surface area contributed by atoms with Crippen LogP contribution in [-0.4, -0.2) is 37.8 Å². The van der Waals surface area contributed by atoms with Crippen LogP contribution in [-0.2, 0) is 11.0 Å². The van der Waals surface area contributed by atoms with Gasteiger partial charge in [-0.25, -0.2) is 23.9 Å². The van der Waals surface area contributed by atoms with Crippen molar-refractivity contribution in [3.05, 3.63) is 30.9 Å². The monoisotopic (exact) mass is 414 g/mol. The highest BCUT2D eigenvalue weighted by Gasteiger charge is 2.15. The Labute approximate surface area is 172 Å². The molecule has 1 aliphatic rings. The summed E-state index contributed by atoms with van der Waals surface area (Å²) in [5.74, 6) is 2.06. The van der Waals surface area contributed by atoms with E-state index in [4.69, 9.17) is 4.74 Å². The molecule has 1 fully saturated rings. The summed E-state index contributed by atoms with van der Waals surface area (Å²) in [5.41, 5.74) is 2.00. The Bertz CT molecular complexity index is 986. The van der Waals surface area contributed by atoms with Crippen molar-refractivity contribution in [1.82, 2.24) is 24.7 Å². The molecule has 3 aromatic rings. The molecule has 1 atom stereocenters. The number of hydrogen-bond acceptors (Lipinski definition) is 6. The molecule has 8 nitrogen and oxygen atoms in total. The minimum absolute atomic E-state index is 0.581. The predicted molar refractivity (Wildman–Crippen MR) is 114 cm³/mol. The zero-order valence-electron chi connectivity index (χ0n) is 16.5. The molecule has 29 heavy (non-hydrogen) atoms. The lowest BCUT2D eigenvalue weighted by molar-refractivity contribution is 0.247. The summed E-state index contributed by atoms with van der Waals surface area (Å²) in [6.07, 6.45) is 10.7. The molecule has 1 aliphatic carbocycles. The first-order valence-corrected chi connectivity index (χ1v) is 11.2. The van der Waals surface area contributed by atoms with Crippen molar-refractivity contribution in [3.8, 4) is 5.75 Å². The maximum atomic E-state index is 12.2.